The Kier molecular flexibility index (Phi) is 6.92. The molecule has 172 valence electrons. The number of benzene rings is 2. The van der Waals surface area contributed by atoms with Gasteiger partial charge in [-0.15, -0.1) is 5.10 Å². The second-order valence-electron chi connectivity index (χ2n) is 7.97. The fourth-order valence-corrected chi connectivity index (χ4v) is 3.97. The molecule has 0 radical (unpaired) electrons. The minimum absolute atomic E-state index is 0.0423. The lowest BCUT2D eigenvalue weighted by Gasteiger charge is -2.32. The number of anilines is 1. The molecule has 1 aliphatic heterocycles. The van der Waals surface area contributed by atoms with Crippen LogP contribution in [0.2, 0.25) is 0 Å². The Hall–Kier alpha value is -3.81. The first-order valence-electron chi connectivity index (χ1n) is 11.0. The van der Waals surface area contributed by atoms with Gasteiger partial charge in [-0.3, -0.25) is 9.59 Å². The van der Waals surface area contributed by atoms with E-state index in [2.05, 4.69) is 15.3 Å². The van der Waals surface area contributed by atoms with Crippen molar-refractivity contribution < 1.29 is 14.3 Å². The van der Waals surface area contributed by atoms with Crippen LogP contribution in [0, 0.1) is 5.92 Å². The van der Waals surface area contributed by atoms with Crippen molar-refractivity contribution in [1.29, 1.82) is 0 Å². The molecular weight excluding hydrogens is 420 g/mol. The van der Waals surface area contributed by atoms with Crippen LogP contribution >= 0.6 is 0 Å². The highest BCUT2D eigenvalue weighted by Gasteiger charge is 2.26. The summed E-state index contributed by atoms with van der Waals surface area (Å²) in [6.07, 6.45) is 1.46. The molecule has 0 spiro atoms. The molecule has 3 aromatic rings. The smallest absolute Gasteiger partial charge is 0.271 e. The summed E-state index contributed by atoms with van der Waals surface area (Å²) in [5, 5.41) is 7.60. The van der Waals surface area contributed by atoms with E-state index in [1.807, 2.05) is 24.3 Å². The van der Waals surface area contributed by atoms with Gasteiger partial charge in [0.25, 0.3) is 5.56 Å². The van der Waals surface area contributed by atoms with Gasteiger partial charge in [0.15, 0.2) is 0 Å². The van der Waals surface area contributed by atoms with Gasteiger partial charge in [0.2, 0.25) is 5.91 Å². The maximum atomic E-state index is 12.7. The molecule has 1 aliphatic rings. The van der Waals surface area contributed by atoms with Gasteiger partial charge < -0.3 is 19.7 Å². The summed E-state index contributed by atoms with van der Waals surface area (Å²) < 4.78 is 11.8. The average molecular weight is 449 g/mol. The lowest BCUT2D eigenvalue weighted by atomic mass is 9.96. The number of amides is 1. The second kappa shape index (κ2) is 10.2. The number of aromatic nitrogens is 2. The van der Waals surface area contributed by atoms with Crippen LogP contribution in [0.25, 0.3) is 5.69 Å². The molecule has 0 saturated carbocycles. The van der Waals surface area contributed by atoms with Crippen molar-refractivity contribution in [1.82, 2.24) is 15.1 Å². The van der Waals surface area contributed by atoms with E-state index in [1.54, 1.807) is 44.6 Å². The monoisotopic (exact) mass is 448 g/mol. The number of methoxy groups -OCH3 is 2. The quantitative estimate of drug-likeness (QED) is 0.598. The maximum absolute atomic E-state index is 12.7. The molecule has 2 heterocycles. The van der Waals surface area contributed by atoms with E-state index in [9.17, 15) is 9.59 Å². The molecule has 0 atom stereocenters. The van der Waals surface area contributed by atoms with Crippen molar-refractivity contribution >= 4 is 11.7 Å². The molecule has 1 aromatic heterocycles. The minimum Gasteiger partial charge on any atom is -0.497 e. The van der Waals surface area contributed by atoms with Gasteiger partial charge in [0.05, 0.1) is 19.9 Å². The number of nitrogens with zero attached hydrogens (tertiary/aromatic N) is 3. The topological polar surface area (TPSA) is 85.7 Å². The first-order valence-corrected chi connectivity index (χ1v) is 11.0. The van der Waals surface area contributed by atoms with Crippen LogP contribution in [0.3, 0.4) is 0 Å². The normalized spacial score (nSPS) is 14.1. The number of piperidine rings is 1. The van der Waals surface area contributed by atoms with Crippen molar-refractivity contribution in [2.24, 2.45) is 5.92 Å². The Morgan fingerprint density at radius 1 is 1.00 bits per heavy atom. The van der Waals surface area contributed by atoms with E-state index < -0.39 is 0 Å². The Labute approximate surface area is 192 Å². The van der Waals surface area contributed by atoms with E-state index in [0.29, 0.717) is 25.3 Å². The van der Waals surface area contributed by atoms with Crippen molar-refractivity contribution in [2.75, 3.05) is 32.2 Å². The first kappa shape index (κ1) is 22.4. The van der Waals surface area contributed by atoms with Crippen LogP contribution in [0.15, 0.2) is 65.5 Å². The van der Waals surface area contributed by atoms with E-state index in [4.69, 9.17) is 9.47 Å². The van der Waals surface area contributed by atoms with Crippen molar-refractivity contribution in [3.8, 4) is 17.2 Å². The largest absolute Gasteiger partial charge is 0.497 e. The summed E-state index contributed by atoms with van der Waals surface area (Å²) in [4.78, 5) is 27.2. The molecular formula is C25H28N4O4. The summed E-state index contributed by atoms with van der Waals surface area (Å²) in [6, 6.07) is 18.2. The SMILES string of the molecule is COc1ccc(-n2nc(N3CCC(C(=O)NCc4cccc(OC)c4)CC3)ccc2=O)cc1. The Morgan fingerprint density at radius 2 is 1.73 bits per heavy atom. The van der Waals surface area contributed by atoms with Crippen LogP contribution in [-0.2, 0) is 11.3 Å². The van der Waals surface area contributed by atoms with Gasteiger partial charge in [0, 0.05) is 31.6 Å². The number of hydrogen-bond donors (Lipinski definition) is 1. The molecule has 0 aliphatic carbocycles. The summed E-state index contributed by atoms with van der Waals surface area (Å²) >= 11 is 0. The predicted octanol–water partition coefficient (Wildman–Crippen LogP) is 2.78. The van der Waals surface area contributed by atoms with Gasteiger partial charge >= 0.3 is 0 Å². The zero-order valence-electron chi connectivity index (χ0n) is 18.9. The van der Waals surface area contributed by atoms with Gasteiger partial charge in [-0.05, 0) is 60.9 Å². The highest BCUT2D eigenvalue weighted by atomic mass is 16.5. The zero-order chi connectivity index (χ0) is 23.2. The number of hydrogen-bond acceptors (Lipinski definition) is 6. The molecule has 1 amide bonds. The predicted molar refractivity (Wildman–Crippen MR) is 126 cm³/mol. The van der Waals surface area contributed by atoms with Gasteiger partial charge in [-0.25, -0.2) is 0 Å². The summed E-state index contributed by atoms with van der Waals surface area (Å²) in [5.41, 5.74) is 1.48. The number of ether oxygens (including phenoxy) is 2. The first-order chi connectivity index (χ1) is 16.1. The third kappa shape index (κ3) is 5.34. The average Bonchev–Trinajstić information content (AvgIpc) is 2.88. The number of rotatable bonds is 7. The minimum atomic E-state index is -0.198. The van der Waals surface area contributed by atoms with Gasteiger partial charge in [0.1, 0.15) is 17.3 Å². The lowest BCUT2D eigenvalue weighted by Crippen LogP contribution is -2.41. The highest BCUT2D eigenvalue weighted by molar-refractivity contribution is 5.79. The molecule has 1 N–H and O–H groups in total. The summed E-state index contributed by atoms with van der Waals surface area (Å²) in [5.74, 6) is 2.24. The van der Waals surface area contributed by atoms with Crippen LogP contribution < -0.4 is 25.2 Å². The standard InChI is InChI=1S/C25H28N4O4/c1-32-21-8-6-20(7-9-21)29-24(30)11-10-23(27-29)28-14-12-19(13-15-28)25(31)26-17-18-4-3-5-22(16-18)33-2/h3-11,16,19H,12-15,17H2,1-2H3,(H,26,31). The summed E-state index contributed by atoms with van der Waals surface area (Å²) in [6.45, 7) is 1.88. The Morgan fingerprint density at radius 3 is 2.42 bits per heavy atom. The number of nitrogens with one attached hydrogen (secondary N) is 1. The molecule has 1 saturated heterocycles. The Bertz CT molecular complexity index is 1150. The molecule has 0 bridgehead atoms. The number of carbonyl (C=O) groups is 1. The third-order valence-corrected chi connectivity index (χ3v) is 5.89. The van der Waals surface area contributed by atoms with Crippen molar-refractivity contribution in [3.05, 3.63) is 76.6 Å². The van der Waals surface area contributed by atoms with Crippen molar-refractivity contribution in [2.45, 2.75) is 19.4 Å². The van der Waals surface area contributed by atoms with E-state index >= 15 is 0 Å². The van der Waals surface area contributed by atoms with Gasteiger partial charge in [-0.2, -0.15) is 4.68 Å². The lowest BCUT2D eigenvalue weighted by molar-refractivity contribution is -0.125. The maximum Gasteiger partial charge on any atom is 0.271 e. The molecule has 4 rings (SSSR count). The van der Waals surface area contributed by atoms with Crippen LogP contribution in [0.4, 0.5) is 5.82 Å². The molecule has 8 nitrogen and oxygen atoms in total. The van der Waals surface area contributed by atoms with Crippen LogP contribution in [-0.4, -0.2) is 43.0 Å². The second-order valence-corrected chi connectivity index (χ2v) is 7.97. The zero-order valence-corrected chi connectivity index (χ0v) is 18.9. The summed E-state index contributed by atoms with van der Waals surface area (Å²) in [7, 11) is 3.23. The van der Waals surface area contributed by atoms with Crippen LogP contribution in [0.1, 0.15) is 18.4 Å². The van der Waals surface area contributed by atoms with Crippen molar-refractivity contribution in [3.63, 3.8) is 0 Å². The fraction of sp³-hybridized carbons (Fsp3) is 0.320. The van der Waals surface area contributed by atoms with E-state index in [1.165, 1.54) is 10.7 Å². The number of carbonyl (C=O) groups excluding carboxylic acids is 1. The fourth-order valence-electron chi connectivity index (χ4n) is 3.97. The van der Waals surface area contributed by atoms with E-state index in [0.717, 1.165) is 35.7 Å². The molecule has 33 heavy (non-hydrogen) atoms. The van der Waals surface area contributed by atoms with E-state index in [-0.39, 0.29) is 17.4 Å². The molecule has 2 aromatic carbocycles. The van der Waals surface area contributed by atoms with Crippen LogP contribution in [0.5, 0.6) is 11.5 Å². The molecule has 8 heteroatoms. The molecule has 0 unspecified atom stereocenters. The Balaban J connectivity index is 1.36. The van der Waals surface area contributed by atoms with Gasteiger partial charge in [-0.1, -0.05) is 12.1 Å². The third-order valence-electron chi connectivity index (χ3n) is 5.89. The highest BCUT2D eigenvalue weighted by Crippen LogP contribution is 2.22. The molecule has 1 fully saturated rings.